The number of methoxy groups -OCH3 is 1. The van der Waals surface area contributed by atoms with E-state index in [4.69, 9.17) is 4.74 Å². The van der Waals surface area contributed by atoms with Gasteiger partial charge in [0.05, 0.1) is 29.8 Å². The number of aromatic nitrogens is 3. The van der Waals surface area contributed by atoms with E-state index in [0.29, 0.717) is 22.6 Å². The second-order valence-electron chi connectivity index (χ2n) is 6.79. The molecule has 5 aromatic rings. The van der Waals surface area contributed by atoms with Crippen molar-refractivity contribution in [2.45, 2.75) is 0 Å². The lowest BCUT2D eigenvalue weighted by Crippen LogP contribution is -2.12. The minimum absolute atomic E-state index is 0.236. The summed E-state index contributed by atoms with van der Waals surface area (Å²) in [4.78, 5) is 24.9. The Morgan fingerprint density at radius 3 is 2.84 bits per heavy atom. The fourth-order valence-corrected chi connectivity index (χ4v) is 4.29. The SMILES string of the molecule is COc1ccc2cc(C=NNc3ncnc4scc(-c5ccccc5)c34)c(=O)[nH]c2c1. The van der Waals surface area contributed by atoms with Gasteiger partial charge >= 0.3 is 0 Å². The predicted octanol–water partition coefficient (Wildman–Crippen LogP) is 4.65. The predicted molar refractivity (Wildman–Crippen MR) is 125 cm³/mol. The first-order valence-electron chi connectivity index (χ1n) is 9.51. The zero-order chi connectivity index (χ0) is 21.2. The van der Waals surface area contributed by atoms with Gasteiger partial charge in [-0.15, -0.1) is 11.3 Å². The van der Waals surface area contributed by atoms with E-state index >= 15 is 0 Å². The van der Waals surface area contributed by atoms with Crippen molar-refractivity contribution in [3.05, 3.63) is 82.2 Å². The zero-order valence-electron chi connectivity index (χ0n) is 16.5. The molecule has 5 rings (SSSR count). The monoisotopic (exact) mass is 427 g/mol. The van der Waals surface area contributed by atoms with Crippen molar-refractivity contribution in [1.29, 1.82) is 0 Å². The molecule has 0 saturated carbocycles. The van der Waals surface area contributed by atoms with Crippen LogP contribution in [0, 0.1) is 0 Å². The maximum Gasteiger partial charge on any atom is 0.257 e. The molecule has 0 fully saturated rings. The number of nitrogens with one attached hydrogen (secondary N) is 2. The molecule has 0 spiro atoms. The lowest BCUT2D eigenvalue weighted by molar-refractivity contribution is 0.415. The van der Waals surface area contributed by atoms with Gasteiger partial charge in [-0.3, -0.25) is 10.2 Å². The van der Waals surface area contributed by atoms with Gasteiger partial charge in [-0.1, -0.05) is 30.3 Å². The summed E-state index contributed by atoms with van der Waals surface area (Å²) in [6, 6.07) is 17.4. The number of ether oxygens (including phenoxy) is 1. The second-order valence-corrected chi connectivity index (χ2v) is 7.65. The summed E-state index contributed by atoms with van der Waals surface area (Å²) < 4.78 is 5.21. The van der Waals surface area contributed by atoms with Crippen molar-refractivity contribution in [1.82, 2.24) is 15.0 Å². The molecular weight excluding hydrogens is 410 g/mol. The van der Waals surface area contributed by atoms with Crippen LogP contribution in [0.25, 0.3) is 32.2 Å². The Morgan fingerprint density at radius 1 is 1.13 bits per heavy atom. The fraction of sp³-hybridized carbons (Fsp3) is 0.0435. The summed E-state index contributed by atoms with van der Waals surface area (Å²) in [6.07, 6.45) is 2.99. The molecule has 0 atom stereocenters. The Balaban J connectivity index is 1.48. The van der Waals surface area contributed by atoms with E-state index in [1.165, 1.54) is 12.5 Å². The number of hydrazone groups is 1. The fourth-order valence-electron chi connectivity index (χ4n) is 3.37. The molecule has 0 aliphatic carbocycles. The van der Waals surface area contributed by atoms with Crippen LogP contribution in [0.2, 0.25) is 0 Å². The van der Waals surface area contributed by atoms with E-state index in [1.807, 2.05) is 42.5 Å². The van der Waals surface area contributed by atoms with Gasteiger partial charge in [0.15, 0.2) is 5.82 Å². The number of fused-ring (bicyclic) bond motifs is 2. The molecule has 2 N–H and O–H groups in total. The number of hydrogen-bond donors (Lipinski definition) is 2. The van der Waals surface area contributed by atoms with Gasteiger partial charge in [-0.05, 0) is 29.1 Å². The number of nitrogens with zero attached hydrogens (tertiary/aromatic N) is 3. The number of hydrogen-bond acceptors (Lipinski definition) is 7. The highest BCUT2D eigenvalue weighted by atomic mass is 32.1. The number of anilines is 1. The van der Waals surface area contributed by atoms with E-state index < -0.39 is 0 Å². The molecule has 152 valence electrons. The van der Waals surface area contributed by atoms with Gasteiger partial charge < -0.3 is 9.72 Å². The van der Waals surface area contributed by atoms with E-state index in [-0.39, 0.29) is 5.56 Å². The average Bonchev–Trinajstić information content (AvgIpc) is 3.25. The summed E-state index contributed by atoms with van der Waals surface area (Å²) in [5.41, 5.74) is 6.00. The van der Waals surface area contributed by atoms with Gasteiger partial charge in [0, 0.05) is 17.0 Å². The molecule has 31 heavy (non-hydrogen) atoms. The van der Waals surface area contributed by atoms with Crippen LogP contribution < -0.4 is 15.7 Å². The van der Waals surface area contributed by atoms with Crippen LogP contribution in [0.15, 0.2) is 76.2 Å². The largest absolute Gasteiger partial charge is 0.497 e. The van der Waals surface area contributed by atoms with Crippen LogP contribution in [-0.2, 0) is 0 Å². The Labute approximate surface area is 181 Å². The Bertz CT molecular complexity index is 1470. The van der Waals surface area contributed by atoms with Crippen LogP contribution in [-0.4, -0.2) is 28.3 Å². The molecule has 0 aliphatic rings. The molecule has 8 heteroatoms. The third-order valence-corrected chi connectivity index (χ3v) is 5.80. The average molecular weight is 427 g/mol. The minimum atomic E-state index is -0.236. The first-order chi connectivity index (χ1) is 15.2. The molecule has 3 aromatic heterocycles. The third-order valence-electron chi connectivity index (χ3n) is 4.91. The second kappa shape index (κ2) is 8.00. The van der Waals surface area contributed by atoms with Crippen molar-refractivity contribution in [3.8, 4) is 16.9 Å². The Morgan fingerprint density at radius 2 is 2.00 bits per heavy atom. The first kappa shape index (κ1) is 19.0. The van der Waals surface area contributed by atoms with E-state index in [9.17, 15) is 4.79 Å². The summed E-state index contributed by atoms with van der Waals surface area (Å²) in [5.74, 6) is 1.27. The van der Waals surface area contributed by atoms with Crippen LogP contribution in [0.5, 0.6) is 5.75 Å². The van der Waals surface area contributed by atoms with Crippen molar-refractivity contribution in [2.75, 3.05) is 12.5 Å². The Hall–Kier alpha value is -4.04. The molecule has 0 bridgehead atoms. The molecule has 7 nitrogen and oxygen atoms in total. The number of thiophene rings is 1. The van der Waals surface area contributed by atoms with E-state index in [1.54, 1.807) is 30.6 Å². The van der Waals surface area contributed by atoms with Crippen molar-refractivity contribution >= 4 is 44.5 Å². The summed E-state index contributed by atoms with van der Waals surface area (Å²) in [7, 11) is 1.59. The molecule has 3 heterocycles. The van der Waals surface area contributed by atoms with Crippen LogP contribution in [0.4, 0.5) is 5.82 Å². The number of pyridine rings is 1. The summed E-state index contributed by atoms with van der Waals surface area (Å²) in [5, 5.41) is 8.12. The summed E-state index contributed by atoms with van der Waals surface area (Å²) >= 11 is 1.55. The highest BCUT2D eigenvalue weighted by Crippen LogP contribution is 2.36. The molecule has 2 aromatic carbocycles. The van der Waals surface area contributed by atoms with E-state index in [0.717, 1.165) is 26.7 Å². The standard InChI is InChI=1S/C23H17N5O2S/c1-30-17-8-7-15-9-16(22(29)27-19(15)10-17)11-26-28-21-20-18(14-5-3-2-4-6-14)12-31-23(20)25-13-24-21/h2-13H,1H3,(H,27,29)(H,24,25,28). The van der Waals surface area contributed by atoms with Crippen LogP contribution >= 0.6 is 11.3 Å². The van der Waals surface area contributed by atoms with Crippen LogP contribution in [0.1, 0.15) is 5.56 Å². The van der Waals surface area contributed by atoms with Crippen molar-refractivity contribution in [2.24, 2.45) is 5.10 Å². The molecular formula is C23H17N5O2S. The van der Waals surface area contributed by atoms with Gasteiger partial charge in [0.25, 0.3) is 5.56 Å². The topological polar surface area (TPSA) is 92.3 Å². The van der Waals surface area contributed by atoms with Gasteiger partial charge in [-0.25, -0.2) is 9.97 Å². The molecule has 0 aliphatic heterocycles. The molecule has 0 saturated heterocycles. The quantitative estimate of drug-likeness (QED) is 0.315. The third kappa shape index (κ3) is 3.64. The summed E-state index contributed by atoms with van der Waals surface area (Å²) in [6.45, 7) is 0. The van der Waals surface area contributed by atoms with Gasteiger partial charge in [0.1, 0.15) is 16.9 Å². The van der Waals surface area contributed by atoms with Crippen molar-refractivity contribution in [3.63, 3.8) is 0 Å². The highest BCUT2D eigenvalue weighted by Gasteiger charge is 2.12. The van der Waals surface area contributed by atoms with Gasteiger partial charge in [-0.2, -0.15) is 5.10 Å². The highest BCUT2D eigenvalue weighted by molar-refractivity contribution is 7.17. The lowest BCUT2D eigenvalue weighted by Gasteiger charge is -2.05. The Kier molecular flexibility index (Phi) is 4.89. The lowest BCUT2D eigenvalue weighted by atomic mass is 10.1. The number of rotatable bonds is 5. The number of aromatic amines is 1. The molecule has 0 radical (unpaired) electrons. The minimum Gasteiger partial charge on any atom is -0.497 e. The maximum atomic E-state index is 12.4. The number of benzene rings is 2. The first-order valence-corrected chi connectivity index (χ1v) is 10.4. The molecule has 0 unspecified atom stereocenters. The van der Waals surface area contributed by atoms with Crippen molar-refractivity contribution < 1.29 is 4.74 Å². The maximum absolute atomic E-state index is 12.4. The van der Waals surface area contributed by atoms with Crippen LogP contribution in [0.3, 0.4) is 0 Å². The van der Waals surface area contributed by atoms with E-state index in [2.05, 4.69) is 30.9 Å². The smallest absolute Gasteiger partial charge is 0.257 e. The molecule has 0 amide bonds. The number of H-pyrrole nitrogens is 1. The normalized spacial score (nSPS) is 11.4. The zero-order valence-corrected chi connectivity index (χ0v) is 17.3. The van der Waals surface area contributed by atoms with Gasteiger partial charge in [0.2, 0.25) is 0 Å².